The fourth-order valence-electron chi connectivity index (χ4n) is 1.44. The predicted octanol–water partition coefficient (Wildman–Crippen LogP) is 1.34. The van der Waals surface area contributed by atoms with Crippen molar-refractivity contribution in [2.45, 2.75) is 13.3 Å². The molecule has 0 unspecified atom stereocenters. The molecule has 0 bridgehead atoms. The van der Waals surface area contributed by atoms with E-state index in [4.69, 9.17) is 5.11 Å². The molecule has 0 heterocycles. The minimum Gasteiger partial charge on any atom is -0.481 e. The summed E-state index contributed by atoms with van der Waals surface area (Å²) in [7, 11) is 0. The summed E-state index contributed by atoms with van der Waals surface area (Å²) < 4.78 is 0. The maximum Gasteiger partial charge on any atom is 0.308 e. The lowest BCUT2D eigenvalue weighted by Gasteiger charge is -2.04. The molecule has 0 aliphatic heterocycles. The molecule has 6 nitrogen and oxygen atoms in total. The zero-order valence-electron chi connectivity index (χ0n) is 8.47. The van der Waals surface area contributed by atoms with Crippen LogP contribution in [0.1, 0.15) is 21.5 Å². The fraction of sp³-hybridized carbons (Fsp3) is 0.200. The van der Waals surface area contributed by atoms with Gasteiger partial charge >= 0.3 is 5.97 Å². The monoisotopic (exact) mass is 223 g/mol. The number of benzene rings is 1. The van der Waals surface area contributed by atoms with Crippen LogP contribution in [0.15, 0.2) is 12.1 Å². The maximum atomic E-state index is 10.7. The Labute approximate surface area is 90.7 Å². The molecule has 0 saturated heterocycles. The van der Waals surface area contributed by atoms with Crippen LogP contribution in [0, 0.1) is 17.0 Å². The average Bonchev–Trinajstić information content (AvgIpc) is 2.19. The molecule has 0 atom stereocenters. The summed E-state index contributed by atoms with van der Waals surface area (Å²) in [6.07, 6.45) is -0.108. The third-order valence-corrected chi connectivity index (χ3v) is 2.06. The number of rotatable bonds is 4. The standard InChI is InChI=1S/C10H9NO5/c1-6-2-7(5-12)8(4-10(13)14)9(3-6)11(15)16/h2-3,5H,4H2,1H3,(H,13,14). The first-order valence-electron chi connectivity index (χ1n) is 4.40. The SMILES string of the molecule is Cc1cc(C=O)c(CC(=O)O)c([N+](=O)[O-])c1. The van der Waals surface area contributed by atoms with Crippen molar-refractivity contribution >= 4 is 17.9 Å². The number of hydrogen-bond acceptors (Lipinski definition) is 4. The van der Waals surface area contributed by atoms with Crippen LogP contribution in [0.2, 0.25) is 0 Å². The van der Waals surface area contributed by atoms with Crippen molar-refractivity contribution in [3.63, 3.8) is 0 Å². The van der Waals surface area contributed by atoms with Crippen molar-refractivity contribution < 1.29 is 19.6 Å². The molecule has 0 amide bonds. The second kappa shape index (κ2) is 4.52. The lowest BCUT2D eigenvalue weighted by molar-refractivity contribution is -0.385. The molecule has 1 aromatic rings. The third-order valence-electron chi connectivity index (χ3n) is 2.06. The van der Waals surface area contributed by atoms with Crippen molar-refractivity contribution in [3.05, 3.63) is 38.9 Å². The van der Waals surface area contributed by atoms with Crippen molar-refractivity contribution in [1.82, 2.24) is 0 Å². The Morgan fingerprint density at radius 2 is 2.19 bits per heavy atom. The largest absolute Gasteiger partial charge is 0.481 e. The van der Waals surface area contributed by atoms with Gasteiger partial charge in [-0.1, -0.05) is 0 Å². The Bertz CT molecular complexity index is 467. The van der Waals surface area contributed by atoms with E-state index in [1.807, 2.05) is 0 Å². The minimum absolute atomic E-state index is 0.0501. The van der Waals surface area contributed by atoms with E-state index in [2.05, 4.69) is 0 Å². The van der Waals surface area contributed by atoms with Crippen LogP contribution in [0.3, 0.4) is 0 Å². The van der Waals surface area contributed by atoms with Gasteiger partial charge in [0.05, 0.1) is 16.9 Å². The number of carbonyl (C=O) groups is 2. The number of aliphatic carboxylic acids is 1. The molecule has 0 saturated carbocycles. The number of hydrogen-bond donors (Lipinski definition) is 1. The average molecular weight is 223 g/mol. The highest BCUT2D eigenvalue weighted by Crippen LogP contribution is 2.24. The fourth-order valence-corrected chi connectivity index (χ4v) is 1.44. The first-order chi connectivity index (χ1) is 7.45. The van der Waals surface area contributed by atoms with Gasteiger partial charge in [-0.3, -0.25) is 19.7 Å². The van der Waals surface area contributed by atoms with Gasteiger partial charge < -0.3 is 5.11 Å². The molecule has 84 valence electrons. The molecule has 6 heteroatoms. The number of nitro groups is 1. The van der Waals surface area contributed by atoms with Crippen molar-refractivity contribution in [3.8, 4) is 0 Å². The van der Waals surface area contributed by atoms with E-state index in [0.717, 1.165) is 0 Å². The Kier molecular flexibility index (Phi) is 3.34. The van der Waals surface area contributed by atoms with Crippen LogP contribution in [-0.2, 0) is 11.2 Å². The van der Waals surface area contributed by atoms with Gasteiger partial charge in [0.15, 0.2) is 6.29 Å². The number of aldehydes is 1. The highest BCUT2D eigenvalue weighted by atomic mass is 16.6. The van der Waals surface area contributed by atoms with E-state index in [1.54, 1.807) is 6.92 Å². The number of aryl methyl sites for hydroxylation is 1. The summed E-state index contributed by atoms with van der Waals surface area (Å²) in [5.74, 6) is -1.21. The van der Waals surface area contributed by atoms with Gasteiger partial charge in [0, 0.05) is 11.6 Å². The van der Waals surface area contributed by atoms with E-state index >= 15 is 0 Å². The molecule has 0 aliphatic rings. The number of carbonyl (C=O) groups excluding carboxylic acids is 1. The first-order valence-corrected chi connectivity index (χ1v) is 4.40. The van der Waals surface area contributed by atoms with Crippen LogP contribution in [-0.4, -0.2) is 22.3 Å². The zero-order chi connectivity index (χ0) is 12.3. The Morgan fingerprint density at radius 3 is 2.62 bits per heavy atom. The zero-order valence-corrected chi connectivity index (χ0v) is 8.47. The van der Waals surface area contributed by atoms with Crippen LogP contribution < -0.4 is 0 Å². The van der Waals surface area contributed by atoms with E-state index in [0.29, 0.717) is 11.8 Å². The Balaban J connectivity index is 3.44. The second-order valence-electron chi connectivity index (χ2n) is 3.30. The van der Waals surface area contributed by atoms with E-state index in [9.17, 15) is 19.7 Å². The van der Waals surface area contributed by atoms with Gasteiger partial charge in [-0.25, -0.2) is 0 Å². The second-order valence-corrected chi connectivity index (χ2v) is 3.30. The van der Waals surface area contributed by atoms with E-state index < -0.39 is 17.3 Å². The maximum absolute atomic E-state index is 10.7. The number of carboxylic acid groups (broad SMARTS) is 1. The quantitative estimate of drug-likeness (QED) is 0.472. The van der Waals surface area contributed by atoms with Gasteiger partial charge in [0.25, 0.3) is 5.69 Å². The van der Waals surface area contributed by atoms with Gasteiger partial charge in [0.2, 0.25) is 0 Å². The topological polar surface area (TPSA) is 97.5 Å². The summed E-state index contributed by atoms with van der Waals surface area (Å²) in [5.41, 5.74) is 0.208. The number of carboxylic acids is 1. The summed E-state index contributed by atoms with van der Waals surface area (Å²) >= 11 is 0. The molecule has 1 rings (SSSR count). The van der Waals surface area contributed by atoms with Crippen LogP contribution in [0.5, 0.6) is 0 Å². The highest BCUT2D eigenvalue weighted by molar-refractivity contribution is 5.84. The Morgan fingerprint density at radius 1 is 1.56 bits per heavy atom. The molecular formula is C10H9NO5. The first kappa shape index (κ1) is 11.8. The van der Waals surface area contributed by atoms with Crippen LogP contribution in [0.4, 0.5) is 5.69 Å². The molecular weight excluding hydrogens is 214 g/mol. The molecule has 0 spiro atoms. The molecule has 16 heavy (non-hydrogen) atoms. The molecule has 0 radical (unpaired) electrons. The summed E-state index contributed by atoms with van der Waals surface area (Å²) in [5, 5.41) is 19.3. The highest BCUT2D eigenvalue weighted by Gasteiger charge is 2.20. The smallest absolute Gasteiger partial charge is 0.308 e. The minimum atomic E-state index is -1.21. The van der Waals surface area contributed by atoms with Crippen molar-refractivity contribution in [2.75, 3.05) is 0 Å². The molecule has 0 fully saturated rings. The Hall–Kier alpha value is -2.24. The molecule has 1 N–H and O–H groups in total. The lowest BCUT2D eigenvalue weighted by atomic mass is 10.0. The normalized spacial score (nSPS) is 9.81. The predicted molar refractivity (Wildman–Crippen MR) is 54.6 cm³/mol. The third kappa shape index (κ3) is 2.41. The van der Waals surface area contributed by atoms with Crippen molar-refractivity contribution in [2.24, 2.45) is 0 Å². The van der Waals surface area contributed by atoms with E-state index in [1.165, 1.54) is 12.1 Å². The summed E-state index contributed by atoms with van der Waals surface area (Å²) in [6.45, 7) is 1.60. The number of nitrogens with zero attached hydrogens (tertiary/aromatic N) is 1. The molecule has 0 aliphatic carbocycles. The van der Waals surface area contributed by atoms with E-state index in [-0.39, 0.29) is 16.8 Å². The summed E-state index contributed by atoms with van der Waals surface area (Å²) in [6, 6.07) is 2.68. The van der Waals surface area contributed by atoms with Gasteiger partial charge in [-0.2, -0.15) is 0 Å². The van der Waals surface area contributed by atoms with Gasteiger partial charge in [0.1, 0.15) is 0 Å². The van der Waals surface area contributed by atoms with Crippen molar-refractivity contribution in [1.29, 1.82) is 0 Å². The molecule has 1 aromatic carbocycles. The van der Waals surface area contributed by atoms with Gasteiger partial charge in [-0.05, 0) is 18.6 Å². The summed E-state index contributed by atoms with van der Waals surface area (Å²) in [4.78, 5) is 31.3. The molecule has 0 aromatic heterocycles. The number of nitro benzene ring substituents is 1. The van der Waals surface area contributed by atoms with Crippen LogP contribution >= 0.6 is 0 Å². The van der Waals surface area contributed by atoms with Gasteiger partial charge in [-0.15, -0.1) is 0 Å². The van der Waals surface area contributed by atoms with Crippen LogP contribution in [0.25, 0.3) is 0 Å². The lowest BCUT2D eigenvalue weighted by Crippen LogP contribution is -2.07.